The van der Waals surface area contributed by atoms with Crippen molar-refractivity contribution in [2.24, 2.45) is 0 Å². The number of rotatable bonds is 2. The van der Waals surface area contributed by atoms with Gasteiger partial charge in [0.05, 0.1) is 12.8 Å². The number of ether oxygens (including phenoxy) is 1. The maximum absolute atomic E-state index is 14.6. The number of aromatic nitrogens is 3. The van der Waals surface area contributed by atoms with Gasteiger partial charge in [0.1, 0.15) is 17.3 Å². The third kappa shape index (κ3) is 4.79. The lowest BCUT2D eigenvalue weighted by Gasteiger charge is -2.13. The quantitative estimate of drug-likeness (QED) is 0.593. The zero-order valence-electron chi connectivity index (χ0n) is 16.4. The van der Waals surface area contributed by atoms with Gasteiger partial charge in [0.15, 0.2) is 5.82 Å². The molecule has 2 N–H and O–H groups in total. The molecule has 156 valence electrons. The Morgan fingerprint density at radius 3 is 2.90 bits per heavy atom. The van der Waals surface area contributed by atoms with Crippen LogP contribution in [0.5, 0.6) is 5.88 Å². The number of nitrogens with zero attached hydrogens (tertiary/aromatic N) is 3. The summed E-state index contributed by atoms with van der Waals surface area (Å²) in [5.41, 5.74) is 2.08. The molecule has 0 saturated carbocycles. The molecule has 3 aromatic rings. The Bertz CT molecular complexity index is 1050. The van der Waals surface area contributed by atoms with Crippen molar-refractivity contribution in [3.05, 3.63) is 53.7 Å². The molecule has 30 heavy (non-hydrogen) atoms. The largest absolute Gasteiger partial charge is 0.478 e. The number of hydrogen-bond donors (Lipinski definition) is 2. The van der Waals surface area contributed by atoms with E-state index in [1.807, 2.05) is 18.4 Å². The van der Waals surface area contributed by atoms with Crippen LogP contribution in [0.1, 0.15) is 18.4 Å². The first-order valence-corrected chi connectivity index (χ1v) is 11.0. The summed E-state index contributed by atoms with van der Waals surface area (Å²) >= 11 is 1.69. The van der Waals surface area contributed by atoms with Crippen LogP contribution >= 0.6 is 11.8 Å². The SMILES string of the molecule is CSCc1cc2nc(c1)OCCCCNc1cc(F)ccc1-c1nc(ncc1F)N2. The molecule has 0 aliphatic carbocycles. The zero-order valence-corrected chi connectivity index (χ0v) is 17.2. The molecule has 0 unspecified atom stereocenters. The van der Waals surface area contributed by atoms with E-state index >= 15 is 0 Å². The van der Waals surface area contributed by atoms with Crippen LogP contribution in [0.2, 0.25) is 0 Å². The first-order chi connectivity index (χ1) is 14.6. The highest BCUT2D eigenvalue weighted by atomic mass is 32.2. The Morgan fingerprint density at radius 1 is 1.13 bits per heavy atom. The van der Waals surface area contributed by atoms with E-state index in [4.69, 9.17) is 4.74 Å². The van der Waals surface area contributed by atoms with Crippen molar-refractivity contribution in [2.75, 3.05) is 30.0 Å². The second kappa shape index (κ2) is 9.25. The van der Waals surface area contributed by atoms with Crippen molar-refractivity contribution in [1.82, 2.24) is 15.0 Å². The van der Waals surface area contributed by atoms with Gasteiger partial charge in [-0.3, -0.25) is 0 Å². The van der Waals surface area contributed by atoms with Crippen LogP contribution in [0.25, 0.3) is 11.3 Å². The Hall–Kier alpha value is -2.94. The molecule has 0 radical (unpaired) electrons. The van der Waals surface area contributed by atoms with Gasteiger partial charge in [0.2, 0.25) is 11.8 Å². The van der Waals surface area contributed by atoms with Crippen molar-refractivity contribution in [3.63, 3.8) is 0 Å². The lowest BCUT2D eigenvalue weighted by atomic mass is 10.1. The zero-order chi connectivity index (χ0) is 20.9. The minimum atomic E-state index is -0.590. The van der Waals surface area contributed by atoms with E-state index in [-0.39, 0.29) is 11.6 Å². The van der Waals surface area contributed by atoms with Gasteiger partial charge in [-0.1, -0.05) is 0 Å². The summed E-state index contributed by atoms with van der Waals surface area (Å²) < 4.78 is 34.2. The molecule has 9 heteroatoms. The van der Waals surface area contributed by atoms with E-state index in [2.05, 4.69) is 25.6 Å². The van der Waals surface area contributed by atoms with Crippen LogP contribution < -0.4 is 15.4 Å². The maximum atomic E-state index is 14.6. The summed E-state index contributed by atoms with van der Waals surface area (Å²) in [6.45, 7) is 1.09. The van der Waals surface area contributed by atoms with Gasteiger partial charge in [0.25, 0.3) is 0 Å². The molecule has 0 spiro atoms. The molecule has 4 rings (SSSR count). The van der Waals surface area contributed by atoms with Crippen LogP contribution in [-0.2, 0) is 5.75 Å². The molecule has 4 bridgehead atoms. The lowest BCUT2D eigenvalue weighted by molar-refractivity contribution is 0.297. The molecular formula is C21H21F2N5OS. The molecule has 0 saturated heterocycles. The van der Waals surface area contributed by atoms with Crippen LogP contribution in [-0.4, -0.2) is 34.4 Å². The fourth-order valence-corrected chi connectivity index (χ4v) is 3.67. The topological polar surface area (TPSA) is 72.0 Å². The maximum Gasteiger partial charge on any atom is 0.229 e. The summed E-state index contributed by atoms with van der Waals surface area (Å²) in [6.07, 6.45) is 4.70. The molecule has 6 nitrogen and oxygen atoms in total. The Labute approximate surface area is 177 Å². The third-order valence-corrected chi connectivity index (χ3v) is 5.15. The van der Waals surface area contributed by atoms with Gasteiger partial charge in [0, 0.05) is 29.6 Å². The molecule has 0 amide bonds. The molecule has 3 heterocycles. The van der Waals surface area contributed by atoms with Crippen molar-refractivity contribution >= 4 is 29.2 Å². The fourth-order valence-electron chi connectivity index (χ4n) is 3.17. The van der Waals surface area contributed by atoms with Crippen molar-refractivity contribution < 1.29 is 13.5 Å². The van der Waals surface area contributed by atoms with E-state index in [0.717, 1.165) is 30.4 Å². The highest BCUT2D eigenvalue weighted by molar-refractivity contribution is 7.97. The van der Waals surface area contributed by atoms with Crippen LogP contribution in [0.15, 0.2) is 36.5 Å². The van der Waals surface area contributed by atoms with Gasteiger partial charge in [-0.05, 0) is 48.9 Å². The van der Waals surface area contributed by atoms with E-state index in [0.29, 0.717) is 36.1 Å². The number of benzene rings is 1. The van der Waals surface area contributed by atoms with E-state index in [1.54, 1.807) is 11.8 Å². The number of hydrogen-bond acceptors (Lipinski definition) is 7. The van der Waals surface area contributed by atoms with Crippen LogP contribution in [0, 0.1) is 11.6 Å². The number of thioether (sulfide) groups is 1. The molecule has 1 aliphatic heterocycles. The monoisotopic (exact) mass is 429 g/mol. The predicted molar refractivity (Wildman–Crippen MR) is 115 cm³/mol. The van der Waals surface area contributed by atoms with Gasteiger partial charge in [-0.25, -0.2) is 18.7 Å². The fraction of sp³-hybridized carbons (Fsp3) is 0.286. The summed E-state index contributed by atoms with van der Waals surface area (Å²) in [5.74, 6) is 1.02. The molecular weight excluding hydrogens is 408 g/mol. The van der Waals surface area contributed by atoms with Crippen molar-refractivity contribution in [3.8, 4) is 17.1 Å². The Morgan fingerprint density at radius 2 is 2.03 bits per heavy atom. The second-order valence-electron chi connectivity index (χ2n) is 6.82. The molecule has 1 aromatic carbocycles. The third-order valence-electron chi connectivity index (χ3n) is 4.53. The predicted octanol–water partition coefficient (Wildman–Crippen LogP) is 5.01. The average molecular weight is 429 g/mol. The number of nitrogens with one attached hydrogen (secondary N) is 2. The first kappa shape index (κ1) is 20.3. The number of anilines is 3. The van der Waals surface area contributed by atoms with Crippen LogP contribution in [0.3, 0.4) is 0 Å². The van der Waals surface area contributed by atoms with Crippen LogP contribution in [0.4, 0.5) is 26.2 Å². The highest BCUT2D eigenvalue weighted by Gasteiger charge is 2.16. The molecule has 1 aliphatic rings. The number of fused-ring (bicyclic) bond motifs is 6. The summed E-state index contributed by atoms with van der Waals surface area (Å²) in [5, 5.41) is 6.22. The van der Waals surface area contributed by atoms with Crippen molar-refractivity contribution in [1.29, 1.82) is 0 Å². The molecule has 0 atom stereocenters. The minimum Gasteiger partial charge on any atom is -0.478 e. The molecule has 2 aromatic heterocycles. The van der Waals surface area contributed by atoms with Gasteiger partial charge >= 0.3 is 0 Å². The minimum absolute atomic E-state index is 0.0848. The van der Waals surface area contributed by atoms with Gasteiger partial charge in [-0.15, -0.1) is 0 Å². The normalized spacial score (nSPS) is 13.7. The Kier molecular flexibility index (Phi) is 6.27. The van der Waals surface area contributed by atoms with E-state index in [9.17, 15) is 8.78 Å². The van der Waals surface area contributed by atoms with Crippen molar-refractivity contribution in [2.45, 2.75) is 18.6 Å². The standard InChI is InChI=1S/C21H21F2N5OS/c1-30-12-13-8-18-26-19(9-13)29-7-3-2-6-24-17-10-14(22)4-5-15(17)20-16(23)11-25-21(27-18)28-20/h4-5,8-11,24H,2-3,6-7,12H2,1H3,(H,25,26,27,28). The number of pyridine rings is 1. The first-order valence-electron chi connectivity index (χ1n) is 9.58. The smallest absolute Gasteiger partial charge is 0.229 e. The summed E-state index contributed by atoms with van der Waals surface area (Å²) in [6, 6.07) is 7.95. The highest BCUT2D eigenvalue weighted by Crippen LogP contribution is 2.31. The van der Waals surface area contributed by atoms with Gasteiger partial charge in [-0.2, -0.15) is 16.7 Å². The summed E-state index contributed by atoms with van der Waals surface area (Å²) in [4.78, 5) is 12.9. The van der Waals surface area contributed by atoms with Gasteiger partial charge < -0.3 is 15.4 Å². The van der Waals surface area contributed by atoms with E-state index in [1.165, 1.54) is 18.2 Å². The lowest BCUT2D eigenvalue weighted by Crippen LogP contribution is -2.07. The molecule has 0 fully saturated rings. The van der Waals surface area contributed by atoms with E-state index < -0.39 is 11.6 Å². The average Bonchev–Trinajstić information content (AvgIpc) is 2.72. The second-order valence-corrected chi connectivity index (χ2v) is 7.69. The Balaban J connectivity index is 1.78. The summed E-state index contributed by atoms with van der Waals surface area (Å²) in [7, 11) is 0. The number of halogens is 2.